The van der Waals surface area contributed by atoms with Crippen LogP contribution in [0.25, 0.3) is 0 Å². The van der Waals surface area contributed by atoms with Crippen molar-refractivity contribution in [2.45, 2.75) is 63.2 Å². The number of nitrogens with one attached hydrogen (secondary N) is 2. The number of primary amides is 1. The van der Waals surface area contributed by atoms with E-state index in [4.69, 9.17) is 16.6 Å². The molecule has 0 bridgehead atoms. The third-order valence-corrected chi connectivity index (χ3v) is 4.54. The summed E-state index contributed by atoms with van der Waals surface area (Å²) >= 11 is 0. The fraction of sp³-hybridized carbons (Fsp3) is 0.647. The monoisotopic (exact) mass is 429 g/mol. The van der Waals surface area contributed by atoms with Gasteiger partial charge in [0.1, 0.15) is 18.1 Å². The Morgan fingerprint density at radius 1 is 1.10 bits per heavy atom. The number of hydrogen-bond donors (Lipinski definition) is 6. The molecule has 0 aromatic rings. The summed E-state index contributed by atoms with van der Waals surface area (Å²) in [6.07, 6.45) is -0.541. The zero-order valence-electron chi connectivity index (χ0n) is 16.5. The Labute approximate surface area is 172 Å². The average molecular weight is 429 g/mol. The summed E-state index contributed by atoms with van der Waals surface area (Å²) in [4.78, 5) is 71.7. The minimum Gasteiger partial charge on any atom is -0.481 e. The standard InChI is InChI=1S/C17H27N5O8/c1-8(18)14(26)21-10(7-13(24)25)16(28)22-6-2-3-11(22)15(27)20-9(17(29)30)4-5-12(19)23/h8-11H,2-7,18H2,1H3,(H2,19,23)(H,20,27)(H,21,26)(H,24,25)(H,29,30). The number of hydrogen-bond acceptors (Lipinski definition) is 7. The fourth-order valence-corrected chi connectivity index (χ4v) is 2.99. The summed E-state index contributed by atoms with van der Waals surface area (Å²) in [6.45, 7) is 1.49. The minimum absolute atomic E-state index is 0.125. The molecule has 168 valence electrons. The Morgan fingerprint density at radius 3 is 2.23 bits per heavy atom. The first-order valence-electron chi connectivity index (χ1n) is 9.33. The number of amides is 4. The molecule has 1 rings (SSSR count). The van der Waals surface area contributed by atoms with Gasteiger partial charge in [-0.2, -0.15) is 0 Å². The van der Waals surface area contributed by atoms with Crippen LogP contribution in [0.15, 0.2) is 0 Å². The smallest absolute Gasteiger partial charge is 0.326 e. The van der Waals surface area contributed by atoms with E-state index < -0.39 is 66.2 Å². The van der Waals surface area contributed by atoms with Crippen LogP contribution in [0.3, 0.4) is 0 Å². The van der Waals surface area contributed by atoms with Crippen LogP contribution in [-0.2, 0) is 28.8 Å². The van der Waals surface area contributed by atoms with Crippen molar-refractivity contribution in [1.29, 1.82) is 0 Å². The van der Waals surface area contributed by atoms with Gasteiger partial charge < -0.3 is 37.2 Å². The molecule has 0 aromatic heterocycles. The van der Waals surface area contributed by atoms with E-state index >= 15 is 0 Å². The van der Waals surface area contributed by atoms with Crippen LogP contribution in [0.2, 0.25) is 0 Å². The first-order chi connectivity index (χ1) is 13.9. The number of carbonyl (C=O) groups excluding carboxylic acids is 4. The van der Waals surface area contributed by atoms with Crippen LogP contribution in [0.1, 0.15) is 39.0 Å². The van der Waals surface area contributed by atoms with Crippen molar-refractivity contribution in [2.24, 2.45) is 11.5 Å². The van der Waals surface area contributed by atoms with E-state index in [1.54, 1.807) is 0 Å². The minimum atomic E-state index is -1.43. The summed E-state index contributed by atoms with van der Waals surface area (Å²) in [5.41, 5.74) is 10.4. The topological polar surface area (TPSA) is 222 Å². The van der Waals surface area contributed by atoms with Crippen molar-refractivity contribution >= 4 is 35.6 Å². The van der Waals surface area contributed by atoms with Gasteiger partial charge in [0.15, 0.2) is 0 Å². The second kappa shape index (κ2) is 11.1. The molecule has 30 heavy (non-hydrogen) atoms. The van der Waals surface area contributed by atoms with E-state index in [0.29, 0.717) is 6.42 Å². The molecule has 4 atom stereocenters. The zero-order valence-corrected chi connectivity index (χ0v) is 16.5. The van der Waals surface area contributed by atoms with Gasteiger partial charge in [0.2, 0.25) is 23.6 Å². The molecule has 0 radical (unpaired) electrons. The van der Waals surface area contributed by atoms with Gasteiger partial charge in [0.05, 0.1) is 12.5 Å². The molecule has 1 aliphatic rings. The van der Waals surface area contributed by atoms with Gasteiger partial charge in [-0.15, -0.1) is 0 Å². The third-order valence-electron chi connectivity index (χ3n) is 4.54. The second-order valence-electron chi connectivity index (χ2n) is 7.04. The molecule has 1 aliphatic heterocycles. The van der Waals surface area contributed by atoms with Crippen molar-refractivity contribution in [2.75, 3.05) is 6.54 Å². The summed E-state index contributed by atoms with van der Waals surface area (Å²) in [5, 5.41) is 22.8. The van der Waals surface area contributed by atoms with Gasteiger partial charge in [-0.3, -0.25) is 24.0 Å². The molecule has 1 saturated heterocycles. The van der Waals surface area contributed by atoms with Crippen LogP contribution in [-0.4, -0.2) is 81.4 Å². The third kappa shape index (κ3) is 7.31. The summed E-state index contributed by atoms with van der Waals surface area (Å²) in [7, 11) is 0. The molecule has 1 heterocycles. The van der Waals surface area contributed by atoms with Crippen LogP contribution >= 0.6 is 0 Å². The maximum absolute atomic E-state index is 12.8. The van der Waals surface area contributed by atoms with Gasteiger partial charge in [0.25, 0.3) is 0 Å². The van der Waals surface area contributed by atoms with Crippen molar-refractivity contribution < 1.29 is 39.0 Å². The van der Waals surface area contributed by atoms with E-state index in [9.17, 15) is 33.9 Å². The van der Waals surface area contributed by atoms with E-state index in [2.05, 4.69) is 10.6 Å². The lowest BCUT2D eigenvalue weighted by Gasteiger charge is -2.29. The number of likely N-dealkylation sites (tertiary alicyclic amines) is 1. The highest BCUT2D eigenvalue weighted by molar-refractivity contribution is 5.96. The molecule has 0 aliphatic carbocycles. The Morgan fingerprint density at radius 2 is 1.73 bits per heavy atom. The van der Waals surface area contributed by atoms with E-state index in [1.807, 2.05) is 0 Å². The normalized spacial score (nSPS) is 18.7. The molecule has 0 saturated carbocycles. The lowest BCUT2D eigenvalue weighted by atomic mass is 10.1. The molecule has 13 heteroatoms. The number of carboxylic acid groups (broad SMARTS) is 2. The maximum atomic E-state index is 12.8. The predicted molar refractivity (Wildman–Crippen MR) is 101 cm³/mol. The van der Waals surface area contributed by atoms with E-state index in [1.165, 1.54) is 6.92 Å². The average Bonchev–Trinajstić information content (AvgIpc) is 3.12. The van der Waals surface area contributed by atoms with E-state index in [0.717, 1.165) is 4.90 Å². The van der Waals surface area contributed by atoms with Crippen molar-refractivity contribution in [3.63, 3.8) is 0 Å². The molecule has 0 aromatic carbocycles. The van der Waals surface area contributed by atoms with Crippen molar-refractivity contribution in [3.8, 4) is 0 Å². The molecule has 13 nitrogen and oxygen atoms in total. The van der Waals surface area contributed by atoms with E-state index in [-0.39, 0.29) is 25.8 Å². The molecular weight excluding hydrogens is 402 g/mol. The molecular formula is C17H27N5O8. The Hall–Kier alpha value is -3.22. The number of rotatable bonds is 11. The summed E-state index contributed by atoms with van der Waals surface area (Å²) < 4.78 is 0. The molecule has 1 fully saturated rings. The summed E-state index contributed by atoms with van der Waals surface area (Å²) in [5.74, 6) is -5.70. The Kier molecular flexibility index (Phi) is 9.17. The summed E-state index contributed by atoms with van der Waals surface area (Å²) in [6, 6.07) is -4.83. The van der Waals surface area contributed by atoms with Gasteiger partial charge in [-0.05, 0) is 26.2 Å². The first kappa shape index (κ1) is 24.8. The maximum Gasteiger partial charge on any atom is 0.326 e. The van der Waals surface area contributed by atoms with Gasteiger partial charge in [-0.25, -0.2) is 4.79 Å². The molecule has 4 unspecified atom stereocenters. The molecule has 8 N–H and O–H groups in total. The molecule has 4 amide bonds. The lowest BCUT2D eigenvalue weighted by molar-refractivity contribution is -0.147. The number of carboxylic acids is 2. The number of nitrogens with two attached hydrogens (primary N) is 2. The zero-order chi connectivity index (χ0) is 23.0. The van der Waals surface area contributed by atoms with Crippen LogP contribution in [0, 0.1) is 0 Å². The highest BCUT2D eigenvalue weighted by Gasteiger charge is 2.39. The lowest BCUT2D eigenvalue weighted by Crippen LogP contribution is -2.57. The number of nitrogens with zero attached hydrogens (tertiary/aromatic N) is 1. The van der Waals surface area contributed by atoms with Gasteiger partial charge in [0, 0.05) is 13.0 Å². The largest absolute Gasteiger partial charge is 0.481 e. The molecule has 0 spiro atoms. The van der Waals surface area contributed by atoms with Crippen molar-refractivity contribution in [3.05, 3.63) is 0 Å². The van der Waals surface area contributed by atoms with Crippen LogP contribution in [0.5, 0.6) is 0 Å². The SMILES string of the molecule is CC(N)C(=O)NC(CC(=O)O)C(=O)N1CCCC1C(=O)NC(CCC(N)=O)C(=O)O. The second-order valence-corrected chi connectivity index (χ2v) is 7.04. The van der Waals surface area contributed by atoms with Gasteiger partial charge in [-0.1, -0.05) is 0 Å². The number of aliphatic carboxylic acids is 2. The van der Waals surface area contributed by atoms with Crippen molar-refractivity contribution in [1.82, 2.24) is 15.5 Å². The highest BCUT2D eigenvalue weighted by Crippen LogP contribution is 2.20. The van der Waals surface area contributed by atoms with Crippen LogP contribution in [0.4, 0.5) is 0 Å². The predicted octanol–water partition coefficient (Wildman–Crippen LogP) is -2.88. The van der Waals surface area contributed by atoms with Gasteiger partial charge >= 0.3 is 11.9 Å². The fourth-order valence-electron chi connectivity index (χ4n) is 2.99. The number of carbonyl (C=O) groups is 6. The highest BCUT2D eigenvalue weighted by atomic mass is 16.4. The Bertz CT molecular complexity index is 710. The Balaban J connectivity index is 2.92. The quantitative estimate of drug-likeness (QED) is 0.198. The first-order valence-corrected chi connectivity index (χ1v) is 9.33. The van der Waals surface area contributed by atoms with Crippen LogP contribution < -0.4 is 22.1 Å².